The number of nitrogens with zero attached hydrogens (tertiary/aromatic N) is 2. The number of halogens is 1. The minimum absolute atomic E-state index is 0.0855. The summed E-state index contributed by atoms with van der Waals surface area (Å²) in [5.74, 6) is -1.04. The van der Waals surface area contributed by atoms with Gasteiger partial charge in [0.05, 0.1) is 24.2 Å². The molecule has 2 aliphatic rings. The quantitative estimate of drug-likeness (QED) is 0.657. The summed E-state index contributed by atoms with van der Waals surface area (Å²) in [4.78, 5) is 17.7. The number of aromatic amines is 1. The molecule has 1 aromatic heterocycles. The van der Waals surface area contributed by atoms with Gasteiger partial charge in [0, 0.05) is 37.2 Å². The zero-order valence-electron chi connectivity index (χ0n) is 17.4. The third-order valence-electron chi connectivity index (χ3n) is 6.16. The van der Waals surface area contributed by atoms with Crippen molar-refractivity contribution in [2.75, 3.05) is 32.8 Å². The molecule has 1 N–H and O–H groups in total. The Morgan fingerprint density at radius 2 is 1.84 bits per heavy atom. The Labute approximate surface area is 179 Å². The van der Waals surface area contributed by atoms with Crippen LogP contribution in [0.2, 0.25) is 0 Å². The highest BCUT2D eigenvalue weighted by Gasteiger charge is 2.38. The van der Waals surface area contributed by atoms with Crippen molar-refractivity contribution in [3.8, 4) is 0 Å². The highest BCUT2D eigenvalue weighted by molar-refractivity contribution is 5.79. The van der Waals surface area contributed by atoms with Gasteiger partial charge in [-0.25, -0.2) is 9.18 Å². The molecule has 7 heteroatoms. The summed E-state index contributed by atoms with van der Waals surface area (Å²) < 4.78 is 27.0. The van der Waals surface area contributed by atoms with Gasteiger partial charge in [-0.15, -0.1) is 0 Å². The van der Waals surface area contributed by atoms with Crippen LogP contribution in [0, 0.1) is 5.82 Å². The number of para-hydroxylation sites is 2. The molecule has 0 bridgehead atoms. The lowest BCUT2D eigenvalue weighted by atomic mass is 10.00. The van der Waals surface area contributed by atoms with Crippen LogP contribution in [0.25, 0.3) is 16.7 Å². The molecule has 1 fully saturated rings. The van der Waals surface area contributed by atoms with Crippen molar-refractivity contribution in [2.45, 2.75) is 25.0 Å². The highest BCUT2D eigenvalue weighted by Crippen LogP contribution is 2.36. The van der Waals surface area contributed by atoms with Gasteiger partial charge in [0.1, 0.15) is 5.82 Å². The van der Waals surface area contributed by atoms with E-state index in [9.17, 15) is 9.18 Å². The predicted octanol–water partition coefficient (Wildman–Crippen LogP) is 3.70. The van der Waals surface area contributed by atoms with E-state index in [4.69, 9.17) is 9.47 Å². The normalized spacial score (nSPS) is 19.1. The second-order valence-electron chi connectivity index (χ2n) is 8.09. The Morgan fingerprint density at radius 1 is 1.06 bits per heavy atom. The Bertz CT molecular complexity index is 1140. The van der Waals surface area contributed by atoms with Gasteiger partial charge in [0.25, 0.3) is 0 Å². The van der Waals surface area contributed by atoms with E-state index in [1.165, 1.54) is 12.1 Å². The molecule has 6 nitrogen and oxygen atoms in total. The number of benzene rings is 2. The molecule has 0 amide bonds. The number of ether oxygens (including phenoxy) is 2. The molecule has 0 atom stereocenters. The molecular weight excluding hydrogens is 397 g/mol. The van der Waals surface area contributed by atoms with Crippen molar-refractivity contribution in [3.63, 3.8) is 0 Å². The molecule has 5 rings (SSSR count). The van der Waals surface area contributed by atoms with E-state index in [-0.39, 0.29) is 11.5 Å². The molecule has 3 heterocycles. The van der Waals surface area contributed by atoms with E-state index in [2.05, 4.69) is 16.0 Å². The van der Waals surface area contributed by atoms with E-state index < -0.39 is 5.79 Å². The van der Waals surface area contributed by atoms with Gasteiger partial charge in [-0.1, -0.05) is 30.3 Å². The summed E-state index contributed by atoms with van der Waals surface area (Å²) in [6.07, 6.45) is 4.57. The third-order valence-corrected chi connectivity index (χ3v) is 6.16. The molecule has 2 aromatic carbocycles. The van der Waals surface area contributed by atoms with Gasteiger partial charge in [-0.2, -0.15) is 0 Å². The van der Waals surface area contributed by atoms with Crippen LogP contribution in [0.15, 0.2) is 59.4 Å². The molecule has 0 saturated carbocycles. The summed E-state index contributed by atoms with van der Waals surface area (Å²) in [5, 5.41) is 0. The van der Waals surface area contributed by atoms with Crippen molar-refractivity contribution in [1.29, 1.82) is 0 Å². The minimum Gasteiger partial charge on any atom is -0.343 e. The lowest BCUT2D eigenvalue weighted by Gasteiger charge is -2.30. The molecule has 162 valence electrons. The third kappa shape index (κ3) is 3.96. The van der Waals surface area contributed by atoms with Gasteiger partial charge in [-0.3, -0.25) is 9.47 Å². The Morgan fingerprint density at radius 3 is 2.58 bits per heavy atom. The number of hydrogen-bond acceptors (Lipinski definition) is 4. The summed E-state index contributed by atoms with van der Waals surface area (Å²) in [5.41, 5.74) is 3.61. The van der Waals surface area contributed by atoms with Crippen molar-refractivity contribution in [2.24, 2.45) is 0 Å². The fourth-order valence-electron chi connectivity index (χ4n) is 4.60. The van der Waals surface area contributed by atoms with Gasteiger partial charge in [-0.05, 0) is 37.2 Å². The maximum Gasteiger partial charge on any atom is 0.330 e. The van der Waals surface area contributed by atoms with E-state index in [0.29, 0.717) is 19.6 Å². The first kappa shape index (κ1) is 20.2. The average Bonchev–Trinajstić information content (AvgIpc) is 3.39. The van der Waals surface area contributed by atoms with Crippen LogP contribution in [-0.4, -0.2) is 47.3 Å². The van der Waals surface area contributed by atoms with Crippen LogP contribution in [0.5, 0.6) is 0 Å². The molecule has 31 heavy (non-hydrogen) atoms. The summed E-state index contributed by atoms with van der Waals surface area (Å²) in [7, 11) is 0. The highest BCUT2D eigenvalue weighted by atomic mass is 19.1. The summed E-state index contributed by atoms with van der Waals surface area (Å²) in [6, 6.07) is 14.2. The van der Waals surface area contributed by atoms with Crippen LogP contribution in [0.3, 0.4) is 0 Å². The van der Waals surface area contributed by atoms with Crippen molar-refractivity contribution >= 4 is 16.7 Å². The first-order valence-electron chi connectivity index (χ1n) is 10.8. The number of rotatable bonds is 6. The Balaban J connectivity index is 1.22. The molecular formula is C24H26FN3O3. The van der Waals surface area contributed by atoms with Crippen LogP contribution in [0.1, 0.15) is 24.8 Å². The van der Waals surface area contributed by atoms with Gasteiger partial charge in [0.15, 0.2) is 5.79 Å². The second-order valence-corrected chi connectivity index (χ2v) is 8.09. The number of fused-ring (bicyclic) bond motifs is 1. The van der Waals surface area contributed by atoms with Crippen LogP contribution in [-0.2, 0) is 15.3 Å². The molecule has 1 saturated heterocycles. The minimum atomic E-state index is -0.776. The lowest BCUT2D eigenvalue weighted by molar-refractivity contribution is -0.172. The first-order chi connectivity index (χ1) is 15.1. The first-order valence-corrected chi connectivity index (χ1v) is 10.8. The smallest absolute Gasteiger partial charge is 0.330 e. The van der Waals surface area contributed by atoms with Crippen LogP contribution in [0.4, 0.5) is 4.39 Å². The van der Waals surface area contributed by atoms with Crippen LogP contribution >= 0.6 is 0 Å². The molecule has 0 radical (unpaired) electrons. The maximum atomic E-state index is 13.3. The molecule has 0 unspecified atom stereocenters. The summed E-state index contributed by atoms with van der Waals surface area (Å²) in [6.45, 7) is 3.69. The maximum absolute atomic E-state index is 13.3. The molecule has 2 aliphatic heterocycles. The SMILES string of the molecule is O=c1[nH]c2ccccc2n1C1=CCN(CCCC2(c3ccc(F)cc3)OCCO2)CC1. The lowest BCUT2D eigenvalue weighted by Crippen LogP contribution is -2.34. The fourth-order valence-corrected chi connectivity index (χ4v) is 4.60. The Kier molecular flexibility index (Phi) is 5.48. The monoisotopic (exact) mass is 423 g/mol. The van der Waals surface area contributed by atoms with Crippen molar-refractivity contribution in [1.82, 2.24) is 14.5 Å². The topological polar surface area (TPSA) is 59.5 Å². The van der Waals surface area contributed by atoms with Gasteiger partial charge < -0.3 is 14.5 Å². The zero-order chi connectivity index (χ0) is 21.3. The number of imidazole rings is 1. The van der Waals surface area contributed by atoms with Gasteiger partial charge >= 0.3 is 5.69 Å². The number of H-pyrrole nitrogens is 1. The number of hydrogen-bond donors (Lipinski definition) is 1. The molecule has 3 aromatic rings. The molecule has 0 spiro atoms. The van der Waals surface area contributed by atoms with Crippen LogP contribution < -0.4 is 5.69 Å². The fraction of sp³-hybridized carbons (Fsp3) is 0.375. The van der Waals surface area contributed by atoms with E-state index in [1.54, 1.807) is 16.7 Å². The predicted molar refractivity (Wildman–Crippen MR) is 117 cm³/mol. The largest absolute Gasteiger partial charge is 0.343 e. The Hall–Kier alpha value is -2.74. The van der Waals surface area contributed by atoms with Gasteiger partial charge in [0.2, 0.25) is 0 Å². The van der Waals surface area contributed by atoms with Crippen molar-refractivity contribution in [3.05, 3.63) is 76.5 Å². The van der Waals surface area contributed by atoms with Crippen molar-refractivity contribution < 1.29 is 13.9 Å². The second kappa shape index (κ2) is 8.42. The van der Waals surface area contributed by atoms with E-state index in [1.807, 2.05) is 24.3 Å². The standard InChI is InChI=1S/C24H26FN3O3/c25-19-8-6-18(7-9-19)24(30-16-17-31-24)12-3-13-27-14-10-20(11-15-27)28-22-5-2-1-4-21(22)26-23(28)29/h1-2,4-10H,3,11-17H2,(H,26,29). The molecule has 0 aliphatic carbocycles. The summed E-state index contributed by atoms with van der Waals surface area (Å²) >= 11 is 0. The zero-order valence-corrected chi connectivity index (χ0v) is 17.4. The van der Waals surface area contributed by atoms with E-state index in [0.717, 1.165) is 54.8 Å². The number of aromatic nitrogens is 2. The number of nitrogens with one attached hydrogen (secondary N) is 1. The average molecular weight is 423 g/mol. The van der Waals surface area contributed by atoms with E-state index >= 15 is 0 Å².